The molecule has 1 spiro atoms. The van der Waals surface area contributed by atoms with E-state index in [0.717, 1.165) is 51.3 Å². The summed E-state index contributed by atoms with van der Waals surface area (Å²) in [6, 6.07) is 8.47. The lowest BCUT2D eigenvalue weighted by Crippen LogP contribution is -2.50. The van der Waals surface area contributed by atoms with E-state index < -0.39 is 0 Å². The van der Waals surface area contributed by atoms with Crippen LogP contribution in [-0.4, -0.2) is 90.3 Å². The van der Waals surface area contributed by atoms with Crippen LogP contribution in [0, 0.1) is 11.3 Å². The molecule has 5 rings (SSSR count). The number of anilines is 1. The fraction of sp³-hybridized carbons (Fsp3) is 0.531. The molecule has 44 heavy (non-hydrogen) atoms. The van der Waals surface area contributed by atoms with Gasteiger partial charge in [0.1, 0.15) is 18.7 Å². The Hall–Kier alpha value is -3.38. The van der Waals surface area contributed by atoms with Crippen molar-refractivity contribution >= 4 is 42.1 Å². The lowest BCUT2D eigenvalue weighted by Gasteiger charge is -2.47. The number of nitrogens with one attached hydrogen (secondary N) is 2. The van der Waals surface area contributed by atoms with E-state index in [4.69, 9.17) is 35.3 Å². The Morgan fingerprint density at radius 2 is 1.95 bits per heavy atom. The van der Waals surface area contributed by atoms with Crippen molar-refractivity contribution in [2.45, 2.75) is 32.3 Å². The van der Waals surface area contributed by atoms with E-state index in [-0.39, 0.29) is 12.6 Å². The first-order valence-electron chi connectivity index (χ1n) is 15.1. The van der Waals surface area contributed by atoms with E-state index in [1.807, 2.05) is 12.1 Å². The normalized spacial score (nSPS) is 18.0. The molecule has 0 aliphatic carbocycles. The molecule has 3 saturated heterocycles. The van der Waals surface area contributed by atoms with Crippen LogP contribution in [0.5, 0.6) is 17.2 Å². The zero-order chi connectivity index (χ0) is 30.8. The summed E-state index contributed by atoms with van der Waals surface area (Å²) in [4.78, 5) is 22.9. The van der Waals surface area contributed by atoms with Crippen LogP contribution in [0.25, 0.3) is 0 Å². The minimum absolute atomic E-state index is 0.191. The number of hydrogen-bond donors (Lipinski definition) is 2. The Morgan fingerprint density at radius 3 is 2.61 bits per heavy atom. The highest BCUT2D eigenvalue weighted by atomic mass is 35.5. The zero-order valence-corrected chi connectivity index (χ0v) is 26.1. The van der Waals surface area contributed by atoms with Gasteiger partial charge in [-0.3, -0.25) is 4.99 Å². The molecule has 0 unspecified atom stereocenters. The molecule has 3 heterocycles. The molecular formula is C32H42ClN5O6. The lowest BCUT2D eigenvalue weighted by atomic mass is 9.77. The summed E-state index contributed by atoms with van der Waals surface area (Å²) in [6.07, 6.45) is 5.87. The number of ether oxygens (including phenoxy) is 5. The van der Waals surface area contributed by atoms with Gasteiger partial charge in [0.15, 0.2) is 11.5 Å². The Kier molecular flexibility index (Phi) is 11.3. The molecule has 0 atom stereocenters. The second-order valence-electron chi connectivity index (χ2n) is 11.6. The second kappa shape index (κ2) is 15.6. The molecule has 0 bridgehead atoms. The van der Waals surface area contributed by atoms with Gasteiger partial charge in [-0.05, 0) is 70.2 Å². The van der Waals surface area contributed by atoms with Gasteiger partial charge >= 0.3 is 6.03 Å². The number of benzene rings is 2. The number of nitrogens with zero attached hydrogens (tertiary/aromatic N) is 3. The third kappa shape index (κ3) is 8.62. The Bertz CT molecular complexity index is 1310. The molecule has 12 heteroatoms. The number of unbranched alkanes of at least 4 members (excludes halogenated alkanes) is 1. The Morgan fingerprint density at radius 1 is 1.14 bits per heavy atom. The molecule has 2 N–H and O–H groups in total. The van der Waals surface area contributed by atoms with Crippen molar-refractivity contribution < 1.29 is 28.5 Å². The number of amides is 2. The molecule has 238 valence electrons. The number of rotatable bonds is 15. The Labute approximate surface area is 263 Å². The minimum Gasteiger partial charge on any atom is -0.493 e. The number of halogens is 1. The number of aliphatic imine (C=N–C) groups is 2. The van der Waals surface area contributed by atoms with Crippen LogP contribution in [0.15, 0.2) is 40.3 Å². The average molecular weight is 628 g/mol. The molecule has 3 aliphatic rings. The highest BCUT2D eigenvalue weighted by Gasteiger charge is 2.40. The van der Waals surface area contributed by atoms with Crippen molar-refractivity contribution in [3.05, 3.63) is 40.9 Å². The summed E-state index contributed by atoms with van der Waals surface area (Å²) >= 11 is 6.43. The Balaban J connectivity index is 1.12. The maximum absolute atomic E-state index is 12.2. The zero-order valence-electron chi connectivity index (χ0n) is 25.3. The summed E-state index contributed by atoms with van der Waals surface area (Å²) in [5.74, 6) is 2.09. The van der Waals surface area contributed by atoms with Gasteiger partial charge in [-0.25, -0.2) is 9.79 Å². The number of piperidine rings is 1. The lowest BCUT2D eigenvalue weighted by molar-refractivity contribution is -0.139. The fourth-order valence-electron chi connectivity index (χ4n) is 5.41. The summed E-state index contributed by atoms with van der Waals surface area (Å²) in [5.41, 5.74) is 2.36. The predicted molar refractivity (Wildman–Crippen MR) is 171 cm³/mol. The maximum Gasteiger partial charge on any atom is 0.319 e. The molecule has 0 saturated carbocycles. The van der Waals surface area contributed by atoms with Crippen molar-refractivity contribution in [1.82, 2.24) is 10.2 Å². The molecule has 11 nitrogen and oxygen atoms in total. The number of urea groups is 1. The van der Waals surface area contributed by atoms with Gasteiger partial charge in [-0.2, -0.15) is 0 Å². The van der Waals surface area contributed by atoms with Crippen LogP contribution in [-0.2, 0) is 16.1 Å². The van der Waals surface area contributed by atoms with Gasteiger partial charge in [-0.15, -0.1) is 0 Å². The van der Waals surface area contributed by atoms with E-state index in [0.29, 0.717) is 71.3 Å². The van der Waals surface area contributed by atoms with Gasteiger partial charge < -0.3 is 39.2 Å². The van der Waals surface area contributed by atoms with Crippen LogP contribution in [0.4, 0.5) is 16.2 Å². The molecule has 2 aromatic carbocycles. The van der Waals surface area contributed by atoms with E-state index in [9.17, 15) is 4.79 Å². The third-order valence-electron chi connectivity index (χ3n) is 8.34. The average Bonchev–Trinajstić information content (AvgIpc) is 2.99. The first kappa shape index (κ1) is 32.0. The summed E-state index contributed by atoms with van der Waals surface area (Å²) < 4.78 is 28.4. The SMILES string of the molecule is C=NC=Nc1cc(OCCCCN2CCC3(CC2)COC3)c(OC)cc1COc1ccc(NC(=O)NCC2COC2)c(Cl)c1. The number of likely N-dealkylation sites (tertiary alicyclic amines) is 1. The summed E-state index contributed by atoms with van der Waals surface area (Å²) in [7, 11) is 1.61. The van der Waals surface area contributed by atoms with E-state index in [1.165, 1.54) is 19.2 Å². The molecule has 0 radical (unpaired) electrons. The van der Waals surface area contributed by atoms with Gasteiger partial charge in [0.2, 0.25) is 0 Å². The first-order valence-corrected chi connectivity index (χ1v) is 15.5. The van der Waals surface area contributed by atoms with Crippen molar-refractivity contribution in [2.24, 2.45) is 21.3 Å². The molecule has 2 aromatic rings. The summed E-state index contributed by atoms with van der Waals surface area (Å²) in [5, 5.41) is 5.95. The molecule has 0 aromatic heterocycles. The number of methoxy groups -OCH3 is 1. The largest absolute Gasteiger partial charge is 0.493 e. The summed E-state index contributed by atoms with van der Waals surface area (Å²) in [6.45, 7) is 11.4. The number of hydrogen-bond acceptors (Lipinski definition) is 8. The third-order valence-corrected chi connectivity index (χ3v) is 8.66. The minimum atomic E-state index is -0.320. The molecule has 2 amide bonds. The predicted octanol–water partition coefficient (Wildman–Crippen LogP) is 5.33. The van der Waals surface area contributed by atoms with Crippen LogP contribution in [0.3, 0.4) is 0 Å². The van der Waals surface area contributed by atoms with Gasteiger partial charge in [0, 0.05) is 35.6 Å². The number of carbonyl (C=O) groups is 1. The molecule has 3 fully saturated rings. The van der Waals surface area contributed by atoms with Crippen LogP contribution >= 0.6 is 11.6 Å². The molecular weight excluding hydrogens is 586 g/mol. The van der Waals surface area contributed by atoms with Gasteiger partial charge in [0.25, 0.3) is 0 Å². The maximum atomic E-state index is 12.2. The van der Waals surface area contributed by atoms with Crippen molar-refractivity contribution in [2.75, 3.05) is 71.6 Å². The van der Waals surface area contributed by atoms with Gasteiger partial charge in [0.05, 0.1) is 56.5 Å². The highest BCUT2D eigenvalue weighted by Crippen LogP contribution is 2.39. The van der Waals surface area contributed by atoms with Crippen LogP contribution < -0.4 is 24.8 Å². The van der Waals surface area contributed by atoms with E-state index >= 15 is 0 Å². The quantitative estimate of drug-likeness (QED) is 0.156. The van der Waals surface area contributed by atoms with E-state index in [1.54, 1.807) is 25.3 Å². The van der Waals surface area contributed by atoms with Crippen LogP contribution in [0.2, 0.25) is 5.02 Å². The standard InChI is InChI=1S/C32H42ClN5O6/c1-34-22-36-28-15-30(43-12-4-3-9-38-10-7-32(8-11-38)20-42-21-32)29(40-2)13-24(28)19-44-25-5-6-27(26(33)14-25)37-31(39)35-16-23-17-41-18-23/h5-6,13-15,22-23H,1,3-4,7-12,16-21H2,2H3,(H2,35,37,39). The number of carbonyl (C=O) groups excluding carboxylic acids is 1. The second-order valence-corrected chi connectivity index (χ2v) is 12.0. The fourth-order valence-corrected chi connectivity index (χ4v) is 5.62. The molecule has 3 aliphatic heterocycles. The monoisotopic (exact) mass is 627 g/mol. The van der Waals surface area contributed by atoms with Crippen molar-refractivity contribution in [1.29, 1.82) is 0 Å². The topological polar surface area (TPSA) is 115 Å². The first-order chi connectivity index (χ1) is 21.5. The van der Waals surface area contributed by atoms with Crippen LogP contribution in [0.1, 0.15) is 31.2 Å². The highest BCUT2D eigenvalue weighted by molar-refractivity contribution is 6.33. The van der Waals surface area contributed by atoms with Crippen molar-refractivity contribution in [3.8, 4) is 17.2 Å². The van der Waals surface area contributed by atoms with E-state index in [2.05, 4.69) is 32.2 Å². The van der Waals surface area contributed by atoms with Crippen molar-refractivity contribution in [3.63, 3.8) is 0 Å². The smallest absolute Gasteiger partial charge is 0.319 e. The van der Waals surface area contributed by atoms with Gasteiger partial charge in [-0.1, -0.05) is 11.6 Å².